The second-order valence-electron chi connectivity index (χ2n) is 15.4. The minimum atomic E-state index is 0.382. The highest BCUT2D eigenvalue weighted by Crippen LogP contribution is 2.55. The van der Waals surface area contributed by atoms with Gasteiger partial charge in [0.15, 0.2) is 0 Å². The zero-order valence-corrected chi connectivity index (χ0v) is 30.5. The smallest absolute Gasteiger partial charge is 0.0561 e. The summed E-state index contributed by atoms with van der Waals surface area (Å²) in [7, 11) is 0. The van der Waals surface area contributed by atoms with Gasteiger partial charge in [-0.15, -0.1) is 0 Å². The molecule has 1 aromatic heterocycles. The first kappa shape index (κ1) is 30.6. The van der Waals surface area contributed by atoms with Crippen molar-refractivity contribution in [3.8, 4) is 27.9 Å². The molecule has 0 aliphatic heterocycles. The largest absolute Gasteiger partial charge is 0.313 e. The molecule has 0 saturated carbocycles. The van der Waals surface area contributed by atoms with E-state index < -0.39 is 0 Å². The predicted molar refractivity (Wildman–Crippen MR) is 234 cm³/mol. The fourth-order valence-corrected chi connectivity index (χ4v) is 9.89. The summed E-state index contributed by atoms with van der Waals surface area (Å²) < 4.78 is 2.46. The Bertz CT molecular complexity index is 3270. The van der Waals surface area contributed by atoms with Crippen LogP contribution in [0.5, 0.6) is 0 Å². The van der Waals surface area contributed by atoms with Crippen LogP contribution in [0.25, 0.3) is 88.1 Å². The van der Waals surface area contributed by atoms with Gasteiger partial charge in [0.2, 0.25) is 0 Å². The highest BCUT2D eigenvalue weighted by Gasteiger charge is 2.31. The van der Waals surface area contributed by atoms with Gasteiger partial charge in [0, 0.05) is 33.4 Å². The summed E-state index contributed by atoms with van der Waals surface area (Å²) in [5.74, 6) is 0.382. The van der Waals surface area contributed by atoms with Crippen LogP contribution < -0.4 is 4.90 Å². The van der Waals surface area contributed by atoms with Gasteiger partial charge < -0.3 is 9.47 Å². The van der Waals surface area contributed by atoms with Crippen LogP contribution in [0.15, 0.2) is 182 Å². The van der Waals surface area contributed by atoms with Gasteiger partial charge in [-0.25, -0.2) is 0 Å². The van der Waals surface area contributed by atoms with Crippen LogP contribution in [0, 0.1) is 0 Å². The molecule has 2 aliphatic carbocycles. The molecule has 1 heterocycles. The summed E-state index contributed by atoms with van der Waals surface area (Å²) >= 11 is 0. The lowest BCUT2D eigenvalue weighted by Gasteiger charge is -2.34. The number of fused-ring (bicyclic) bond motifs is 10. The van der Waals surface area contributed by atoms with E-state index >= 15 is 0 Å². The Labute approximate surface area is 319 Å². The fraction of sp³-hybridized carbons (Fsp3) is 0.0566. The molecule has 2 heteroatoms. The number of nitrogens with zero attached hydrogens (tertiary/aromatic N) is 2. The van der Waals surface area contributed by atoms with Crippen molar-refractivity contribution >= 4 is 71.6 Å². The van der Waals surface area contributed by atoms with Crippen LogP contribution in [0.3, 0.4) is 0 Å². The Kier molecular flexibility index (Phi) is 6.41. The zero-order valence-electron chi connectivity index (χ0n) is 30.5. The third-order valence-corrected chi connectivity index (χ3v) is 12.3. The van der Waals surface area contributed by atoms with Gasteiger partial charge in [-0.05, 0) is 121 Å². The van der Waals surface area contributed by atoms with E-state index in [9.17, 15) is 0 Å². The zero-order chi connectivity index (χ0) is 36.2. The molecule has 0 radical (unpaired) electrons. The number of anilines is 2. The van der Waals surface area contributed by atoms with Crippen LogP contribution in [0.4, 0.5) is 11.4 Å². The highest BCUT2D eigenvalue weighted by molar-refractivity contribution is 6.25. The van der Waals surface area contributed by atoms with Gasteiger partial charge in [-0.2, -0.15) is 0 Å². The number of hydrogen-bond donors (Lipinski definition) is 0. The second kappa shape index (κ2) is 11.5. The van der Waals surface area contributed by atoms with Gasteiger partial charge in [0.1, 0.15) is 0 Å². The monoisotopic (exact) mass is 700 g/mol. The highest BCUT2D eigenvalue weighted by atomic mass is 15.2. The summed E-state index contributed by atoms with van der Waals surface area (Å²) in [6, 6.07) is 65.5. The summed E-state index contributed by atoms with van der Waals surface area (Å²) in [6.45, 7) is 2.38. The Balaban J connectivity index is 1.15. The number of benzene rings is 9. The normalized spacial score (nSPS) is 14.5. The fourth-order valence-electron chi connectivity index (χ4n) is 9.89. The topological polar surface area (TPSA) is 8.17 Å². The quantitative estimate of drug-likeness (QED) is 0.166. The molecule has 0 spiro atoms. The average molecular weight is 701 g/mol. The van der Waals surface area contributed by atoms with Gasteiger partial charge in [-0.1, -0.05) is 140 Å². The van der Waals surface area contributed by atoms with E-state index in [0.717, 1.165) is 12.1 Å². The van der Waals surface area contributed by atoms with Crippen molar-refractivity contribution in [2.24, 2.45) is 0 Å². The second-order valence-corrected chi connectivity index (χ2v) is 15.4. The van der Waals surface area contributed by atoms with Crippen molar-refractivity contribution in [3.05, 3.63) is 193 Å². The third kappa shape index (κ3) is 4.43. The first-order chi connectivity index (χ1) is 27.2. The molecule has 0 saturated heterocycles. The molecular formula is C53H36N2. The standard InChI is InChI=1S/C53H36N2/c1-33-28-41(31-37-15-4-6-17-42(33)37)54(49-23-11-21-47-52(49)46-20-10-16-38-29-36-14-5-7-18-43(36)53(47)51(38)46)40-26-27-45-44-19-8-9-22-48(44)55(50(45)32-40)39-25-24-34-12-2-3-13-35(34)30-39/h2-27,29-33H,28H2,1H3. The molecule has 55 heavy (non-hydrogen) atoms. The number of hydrogen-bond acceptors (Lipinski definition) is 1. The molecule has 0 bridgehead atoms. The van der Waals surface area contributed by atoms with E-state index in [1.807, 2.05) is 0 Å². The maximum atomic E-state index is 2.58. The van der Waals surface area contributed by atoms with Crippen LogP contribution >= 0.6 is 0 Å². The van der Waals surface area contributed by atoms with E-state index in [1.54, 1.807) is 0 Å². The number of allylic oxidation sites excluding steroid dienone is 1. The molecule has 1 atom stereocenters. The van der Waals surface area contributed by atoms with Gasteiger partial charge in [0.05, 0.1) is 16.7 Å². The SMILES string of the molecule is CC1CC(N(c2ccc3c4ccccc4n(-c4ccc5ccccc5c4)c3c2)c2cccc3c2-c2cccc4cc5ccccc5c-3c24)=Cc2ccccc21. The Morgan fingerprint density at radius 3 is 2.16 bits per heavy atom. The summed E-state index contributed by atoms with van der Waals surface area (Å²) in [5, 5.41) is 10.2. The minimum absolute atomic E-state index is 0.382. The van der Waals surface area contributed by atoms with E-state index in [2.05, 4.69) is 198 Å². The van der Waals surface area contributed by atoms with Crippen LogP contribution in [0.1, 0.15) is 30.4 Å². The third-order valence-electron chi connectivity index (χ3n) is 12.3. The first-order valence-corrected chi connectivity index (χ1v) is 19.4. The average Bonchev–Trinajstić information content (AvgIpc) is 3.75. The Hall–Kier alpha value is -6.90. The molecule has 10 aromatic rings. The molecule has 258 valence electrons. The molecule has 2 nitrogen and oxygen atoms in total. The first-order valence-electron chi connectivity index (χ1n) is 19.4. The number of para-hydroxylation sites is 1. The van der Waals surface area contributed by atoms with Crippen molar-refractivity contribution in [1.82, 2.24) is 4.57 Å². The van der Waals surface area contributed by atoms with Crippen molar-refractivity contribution < 1.29 is 0 Å². The maximum Gasteiger partial charge on any atom is 0.0561 e. The number of rotatable bonds is 4. The van der Waals surface area contributed by atoms with Crippen molar-refractivity contribution in [1.29, 1.82) is 0 Å². The molecule has 2 aliphatic rings. The van der Waals surface area contributed by atoms with Gasteiger partial charge >= 0.3 is 0 Å². The molecular weight excluding hydrogens is 665 g/mol. The van der Waals surface area contributed by atoms with E-state index in [0.29, 0.717) is 5.92 Å². The lowest BCUT2D eigenvalue weighted by Crippen LogP contribution is -2.21. The maximum absolute atomic E-state index is 2.58. The summed E-state index contributed by atoms with van der Waals surface area (Å²) in [4.78, 5) is 2.58. The molecule has 12 rings (SSSR count). The van der Waals surface area contributed by atoms with Gasteiger partial charge in [0.25, 0.3) is 0 Å². The molecule has 0 N–H and O–H groups in total. The Morgan fingerprint density at radius 2 is 1.24 bits per heavy atom. The minimum Gasteiger partial charge on any atom is -0.313 e. The predicted octanol–water partition coefficient (Wildman–Crippen LogP) is 14.6. The molecule has 0 amide bonds. The van der Waals surface area contributed by atoms with Gasteiger partial charge in [-0.3, -0.25) is 0 Å². The lowest BCUT2D eigenvalue weighted by molar-refractivity contribution is 0.730. The number of aromatic nitrogens is 1. The molecule has 0 fully saturated rings. The van der Waals surface area contributed by atoms with Crippen LogP contribution in [-0.4, -0.2) is 4.57 Å². The van der Waals surface area contributed by atoms with Crippen molar-refractivity contribution in [3.63, 3.8) is 0 Å². The van der Waals surface area contributed by atoms with E-state index in [1.165, 1.54) is 105 Å². The van der Waals surface area contributed by atoms with E-state index in [-0.39, 0.29) is 0 Å². The van der Waals surface area contributed by atoms with Crippen LogP contribution in [-0.2, 0) is 0 Å². The van der Waals surface area contributed by atoms with E-state index in [4.69, 9.17) is 0 Å². The van der Waals surface area contributed by atoms with Crippen molar-refractivity contribution in [2.75, 3.05) is 4.90 Å². The lowest BCUT2D eigenvalue weighted by atomic mass is 9.86. The molecule has 9 aromatic carbocycles. The van der Waals surface area contributed by atoms with Crippen LogP contribution in [0.2, 0.25) is 0 Å². The van der Waals surface area contributed by atoms with Crippen molar-refractivity contribution in [2.45, 2.75) is 19.3 Å². The Morgan fingerprint density at radius 1 is 0.509 bits per heavy atom. The molecule has 1 unspecified atom stereocenters. The summed E-state index contributed by atoms with van der Waals surface area (Å²) in [5.41, 5.74) is 15.3. The summed E-state index contributed by atoms with van der Waals surface area (Å²) in [6.07, 6.45) is 3.38.